The van der Waals surface area contributed by atoms with Crippen LogP contribution in [0.2, 0.25) is 0 Å². The maximum Gasteiger partial charge on any atom is 0.331 e. The Morgan fingerprint density at radius 1 is 1.39 bits per heavy atom. The molecular weight excluding hydrogens is 314 g/mol. The topological polar surface area (TPSA) is 80.3 Å². The van der Waals surface area contributed by atoms with Crippen LogP contribution in [-0.4, -0.2) is 35.7 Å². The number of aryl methyl sites for hydroxylation is 1. The van der Waals surface area contributed by atoms with Crippen molar-refractivity contribution in [2.45, 2.75) is 51.7 Å². The highest BCUT2D eigenvalue weighted by molar-refractivity contribution is 7.09. The summed E-state index contributed by atoms with van der Waals surface area (Å²) in [5, 5.41) is 8.52. The molecule has 2 N–H and O–H groups in total. The smallest absolute Gasteiger partial charge is 0.331 e. The zero-order chi connectivity index (χ0) is 16.7. The summed E-state index contributed by atoms with van der Waals surface area (Å²) in [7, 11) is 0. The Balaban J connectivity index is 1.70. The molecule has 0 bridgehead atoms. The lowest BCUT2D eigenvalue weighted by Crippen LogP contribution is -2.44. The van der Waals surface area contributed by atoms with Gasteiger partial charge < -0.3 is 15.4 Å². The highest BCUT2D eigenvalue weighted by Crippen LogP contribution is 2.21. The fraction of sp³-hybridized carbons (Fsp3) is 0.562. The summed E-state index contributed by atoms with van der Waals surface area (Å²) in [6, 6.07) is 0.0273. The van der Waals surface area contributed by atoms with Crippen LogP contribution in [0.1, 0.15) is 43.3 Å². The first-order valence-corrected chi connectivity index (χ1v) is 8.80. The molecule has 0 unspecified atom stereocenters. The number of carbonyl (C=O) groups excluding carboxylic acids is 2. The van der Waals surface area contributed by atoms with Crippen molar-refractivity contribution < 1.29 is 14.3 Å². The highest BCUT2D eigenvalue weighted by Gasteiger charge is 2.24. The van der Waals surface area contributed by atoms with E-state index in [1.807, 2.05) is 19.2 Å². The van der Waals surface area contributed by atoms with Crippen molar-refractivity contribution in [3.8, 4) is 0 Å². The molecule has 1 saturated carbocycles. The molecule has 0 aromatic carbocycles. The number of carbonyl (C=O) groups is 2. The van der Waals surface area contributed by atoms with E-state index in [2.05, 4.69) is 15.6 Å². The number of rotatable bonds is 5. The van der Waals surface area contributed by atoms with Crippen molar-refractivity contribution in [3.63, 3.8) is 0 Å². The quantitative estimate of drug-likeness (QED) is 0.639. The molecule has 6 nitrogen and oxygen atoms in total. The Morgan fingerprint density at radius 2 is 2.13 bits per heavy atom. The van der Waals surface area contributed by atoms with Gasteiger partial charge in [-0.15, -0.1) is 11.3 Å². The zero-order valence-corrected chi connectivity index (χ0v) is 14.3. The van der Waals surface area contributed by atoms with Crippen molar-refractivity contribution in [2.24, 2.45) is 0 Å². The van der Waals surface area contributed by atoms with Gasteiger partial charge in [-0.25, -0.2) is 14.6 Å². The number of nitrogens with one attached hydrogen (secondary N) is 2. The minimum atomic E-state index is -0.337. The molecule has 0 aliphatic heterocycles. The second-order valence-electron chi connectivity index (χ2n) is 5.54. The van der Waals surface area contributed by atoms with Crippen molar-refractivity contribution in [1.29, 1.82) is 0 Å². The summed E-state index contributed by atoms with van der Waals surface area (Å²) in [4.78, 5) is 27.6. The Labute approximate surface area is 140 Å². The second-order valence-corrected chi connectivity index (χ2v) is 6.60. The third-order valence-corrected chi connectivity index (χ3v) is 4.45. The van der Waals surface area contributed by atoms with Crippen LogP contribution >= 0.6 is 11.3 Å². The summed E-state index contributed by atoms with van der Waals surface area (Å²) in [6.07, 6.45) is 6.21. The van der Waals surface area contributed by atoms with E-state index in [9.17, 15) is 9.59 Å². The van der Waals surface area contributed by atoms with E-state index in [-0.39, 0.29) is 24.1 Å². The van der Waals surface area contributed by atoms with Crippen LogP contribution in [0.15, 0.2) is 11.5 Å². The van der Waals surface area contributed by atoms with Crippen LogP contribution in [0.25, 0.3) is 6.08 Å². The highest BCUT2D eigenvalue weighted by atomic mass is 32.1. The van der Waals surface area contributed by atoms with Gasteiger partial charge in [-0.05, 0) is 45.6 Å². The van der Waals surface area contributed by atoms with E-state index in [0.29, 0.717) is 6.54 Å². The number of aromatic nitrogens is 1. The van der Waals surface area contributed by atoms with Crippen molar-refractivity contribution in [2.75, 3.05) is 6.54 Å². The molecule has 2 rings (SSSR count). The largest absolute Gasteiger partial charge is 0.459 e. The number of hydrogen-bond acceptors (Lipinski definition) is 5. The minimum Gasteiger partial charge on any atom is -0.459 e. The van der Waals surface area contributed by atoms with Crippen molar-refractivity contribution in [3.05, 3.63) is 22.2 Å². The number of esters is 1. The van der Waals surface area contributed by atoms with Gasteiger partial charge in [-0.2, -0.15) is 0 Å². The van der Waals surface area contributed by atoms with Crippen molar-refractivity contribution >= 4 is 29.4 Å². The molecule has 0 atom stereocenters. The van der Waals surface area contributed by atoms with Gasteiger partial charge in [0.25, 0.3) is 0 Å². The summed E-state index contributed by atoms with van der Waals surface area (Å²) in [5.74, 6) is -0.337. The second kappa shape index (κ2) is 8.67. The number of hydrogen-bond donors (Lipinski definition) is 2. The molecule has 1 heterocycles. The van der Waals surface area contributed by atoms with E-state index >= 15 is 0 Å². The molecule has 1 aliphatic carbocycles. The average Bonchev–Trinajstić information content (AvgIpc) is 2.93. The summed E-state index contributed by atoms with van der Waals surface area (Å²) >= 11 is 1.55. The van der Waals surface area contributed by atoms with Crippen LogP contribution in [0.3, 0.4) is 0 Å². The molecule has 126 valence electrons. The van der Waals surface area contributed by atoms with Gasteiger partial charge in [0.1, 0.15) is 6.10 Å². The molecule has 2 amide bonds. The predicted octanol–water partition coefficient (Wildman–Crippen LogP) is 2.64. The van der Waals surface area contributed by atoms with E-state index in [1.165, 1.54) is 6.08 Å². The van der Waals surface area contributed by atoms with Gasteiger partial charge in [0.15, 0.2) is 0 Å². The van der Waals surface area contributed by atoms with E-state index in [4.69, 9.17) is 4.74 Å². The van der Waals surface area contributed by atoms with E-state index in [1.54, 1.807) is 17.4 Å². The number of ether oxygens (including phenoxy) is 1. The standard InChI is InChI=1S/C16H23N3O3S/c1-3-17-16(21)19-12-4-7-14(8-5-12)22-15(20)9-6-13-10-23-11(2)18-13/h6,9-10,12,14H,3-5,7-8H2,1-2H3,(H2,17,19,21). The molecule has 0 saturated heterocycles. The average molecular weight is 337 g/mol. The molecule has 23 heavy (non-hydrogen) atoms. The molecule has 1 aliphatic rings. The number of amides is 2. The molecule has 0 spiro atoms. The lowest BCUT2D eigenvalue weighted by atomic mass is 9.93. The normalized spacial score (nSPS) is 21.1. The maximum atomic E-state index is 11.8. The Hall–Kier alpha value is -1.89. The third-order valence-electron chi connectivity index (χ3n) is 3.66. The van der Waals surface area contributed by atoms with Crippen LogP contribution in [0.4, 0.5) is 4.79 Å². The SMILES string of the molecule is CCNC(=O)NC1CCC(OC(=O)C=Cc2csc(C)n2)CC1. The first kappa shape index (κ1) is 17.5. The fourth-order valence-electron chi connectivity index (χ4n) is 2.54. The zero-order valence-electron chi connectivity index (χ0n) is 13.5. The number of thiazole rings is 1. The molecular formula is C16H23N3O3S. The molecule has 1 aromatic heterocycles. The number of nitrogens with zero attached hydrogens (tertiary/aromatic N) is 1. The van der Waals surface area contributed by atoms with Crippen LogP contribution in [0, 0.1) is 6.92 Å². The van der Waals surface area contributed by atoms with Crippen LogP contribution in [0.5, 0.6) is 0 Å². The number of urea groups is 1. The van der Waals surface area contributed by atoms with Crippen LogP contribution in [-0.2, 0) is 9.53 Å². The Kier molecular flexibility index (Phi) is 6.58. The maximum absolute atomic E-state index is 11.8. The first-order valence-electron chi connectivity index (χ1n) is 7.92. The molecule has 0 radical (unpaired) electrons. The van der Waals surface area contributed by atoms with Crippen molar-refractivity contribution in [1.82, 2.24) is 15.6 Å². The van der Waals surface area contributed by atoms with Gasteiger partial charge in [0.2, 0.25) is 0 Å². The molecule has 7 heteroatoms. The lowest BCUT2D eigenvalue weighted by Gasteiger charge is -2.28. The van der Waals surface area contributed by atoms with Gasteiger partial charge >= 0.3 is 12.0 Å². The minimum absolute atomic E-state index is 0.0726. The summed E-state index contributed by atoms with van der Waals surface area (Å²) in [6.45, 7) is 4.42. The van der Waals surface area contributed by atoms with E-state index < -0.39 is 0 Å². The molecule has 1 fully saturated rings. The van der Waals surface area contributed by atoms with Gasteiger partial charge in [0.05, 0.1) is 10.7 Å². The molecule has 1 aromatic rings. The fourth-order valence-corrected chi connectivity index (χ4v) is 3.12. The Bertz CT molecular complexity index is 563. The Morgan fingerprint density at radius 3 is 2.74 bits per heavy atom. The first-order chi connectivity index (χ1) is 11.1. The summed E-state index contributed by atoms with van der Waals surface area (Å²) < 4.78 is 5.44. The predicted molar refractivity (Wildman–Crippen MR) is 90.2 cm³/mol. The van der Waals surface area contributed by atoms with Gasteiger partial charge in [-0.1, -0.05) is 0 Å². The monoisotopic (exact) mass is 337 g/mol. The third kappa shape index (κ3) is 6.02. The lowest BCUT2D eigenvalue weighted by molar-refractivity contribution is -0.144. The van der Waals surface area contributed by atoms with Crippen LogP contribution < -0.4 is 10.6 Å². The van der Waals surface area contributed by atoms with E-state index in [0.717, 1.165) is 36.4 Å². The van der Waals surface area contributed by atoms with Gasteiger partial charge in [0, 0.05) is 24.0 Å². The summed E-state index contributed by atoms with van der Waals surface area (Å²) in [5.41, 5.74) is 0.777. The van der Waals surface area contributed by atoms with Gasteiger partial charge in [-0.3, -0.25) is 0 Å².